The lowest BCUT2D eigenvalue weighted by atomic mass is 9.99. The molecule has 3 rings (SSSR count). The summed E-state index contributed by atoms with van der Waals surface area (Å²) in [5.41, 5.74) is 1.44. The fourth-order valence-electron chi connectivity index (χ4n) is 3.56. The Morgan fingerprint density at radius 2 is 1.87 bits per heavy atom. The van der Waals surface area contributed by atoms with Crippen LogP contribution in [0.1, 0.15) is 18.4 Å². The maximum Gasteiger partial charge on any atom is 0.223 e. The molecule has 128 valence electrons. The van der Waals surface area contributed by atoms with E-state index in [2.05, 4.69) is 40.5 Å². The summed E-state index contributed by atoms with van der Waals surface area (Å²) in [5.74, 6) is 1.07. The van der Waals surface area contributed by atoms with Crippen molar-refractivity contribution < 1.29 is 4.79 Å². The Morgan fingerprint density at radius 3 is 2.61 bits per heavy atom. The Morgan fingerprint density at radius 1 is 1.13 bits per heavy atom. The van der Waals surface area contributed by atoms with Crippen molar-refractivity contribution in [1.29, 1.82) is 0 Å². The molecule has 2 saturated heterocycles. The lowest BCUT2D eigenvalue weighted by Crippen LogP contribution is -2.47. The van der Waals surface area contributed by atoms with Gasteiger partial charge in [0.05, 0.1) is 0 Å². The number of amides is 1. The van der Waals surface area contributed by atoms with Crippen molar-refractivity contribution in [2.75, 3.05) is 45.8 Å². The number of rotatable bonds is 5. The summed E-state index contributed by atoms with van der Waals surface area (Å²) in [6.07, 6.45) is 3.11. The van der Waals surface area contributed by atoms with Gasteiger partial charge in [-0.2, -0.15) is 0 Å². The van der Waals surface area contributed by atoms with Crippen LogP contribution in [0.4, 0.5) is 0 Å². The highest BCUT2D eigenvalue weighted by molar-refractivity contribution is 5.85. The first-order valence-corrected chi connectivity index (χ1v) is 8.56. The number of carbonyl (C=O) groups excluding carboxylic acids is 1. The predicted octanol–water partition coefficient (Wildman–Crippen LogP) is 1.79. The van der Waals surface area contributed by atoms with Crippen LogP contribution in [0.15, 0.2) is 30.3 Å². The average Bonchev–Trinajstić information content (AvgIpc) is 3.02. The number of piperazine rings is 1. The fraction of sp³-hybridized carbons (Fsp3) is 0.611. The second kappa shape index (κ2) is 9.26. The highest BCUT2D eigenvalue weighted by Gasteiger charge is 2.24. The van der Waals surface area contributed by atoms with E-state index in [1.54, 1.807) is 0 Å². The number of likely N-dealkylation sites (tertiary alicyclic amines) is 1. The summed E-state index contributed by atoms with van der Waals surface area (Å²) in [6, 6.07) is 10.8. The monoisotopic (exact) mass is 337 g/mol. The number of nitrogens with zero attached hydrogens (tertiary/aromatic N) is 2. The number of halogens is 1. The minimum absolute atomic E-state index is 0. The predicted molar refractivity (Wildman–Crippen MR) is 96.0 cm³/mol. The van der Waals surface area contributed by atoms with Crippen LogP contribution in [0, 0.1) is 5.92 Å². The molecule has 2 heterocycles. The molecule has 0 radical (unpaired) electrons. The summed E-state index contributed by atoms with van der Waals surface area (Å²) < 4.78 is 0. The van der Waals surface area contributed by atoms with Gasteiger partial charge in [0.25, 0.3) is 0 Å². The van der Waals surface area contributed by atoms with Crippen molar-refractivity contribution in [2.24, 2.45) is 5.92 Å². The van der Waals surface area contributed by atoms with Crippen LogP contribution in [0.25, 0.3) is 0 Å². The molecule has 2 aliphatic heterocycles. The molecule has 1 atom stereocenters. The minimum atomic E-state index is 0. The molecule has 0 saturated carbocycles. The number of hydrogen-bond acceptors (Lipinski definition) is 3. The Kier molecular flexibility index (Phi) is 7.34. The van der Waals surface area contributed by atoms with Crippen LogP contribution in [-0.2, 0) is 11.2 Å². The van der Waals surface area contributed by atoms with E-state index >= 15 is 0 Å². The molecule has 0 spiro atoms. The van der Waals surface area contributed by atoms with E-state index in [1.807, 2.05) is 4.90 Å². The minimum Gasteiger partial charge on any atom is -0.340 e. The van der Waals surface area contributed by atoms with Gasteiger partial charge in [-0.05, 0) is 30.9 Å². The second-order valence-corrected chi connectivity index (χ2v) is 6.53. The third-order valence-corrected chi connectivity index (χ3v) is 4.85. The zero-order valence-corrected chi connectivity index (χ0v) is 14.6. The van der Waals surface area contributed by atoms with Gasteiger partial charge >= 0.3 is 0 Å². The average molecular weight is 338 g/mol. The van der Waals surface area contributed by atoms with Crippen LogP contribution in [0.3, 0.4) is 0 Å². The molecule has 2 fully saturated rings. The van der Waals surface area contributed by atoms with E-state index in [4.69, 9.17) is 0 Å². The Labute approximate surface area is 145 Å². The normalized spacial score (nSPS) is 21.9. The van der Waals surface area contributed by atoms with Gasteiger partial charge in [0, 0.05) is 45.7 Å². The van der Waals surface area contributed by atoms with Crippen LogP contribution < -0.4 is 5.32 Å². The molecule has 1 N–H and O–H groups in total. The smallest absolute Gasteiger partial charge is 0.223 e. The van der Waals surface area contributed by atoms with Crippen LogP contribution in [-0.4, -0.2) is 61.5 Å². The molecule has 1 amide bonds. The largest absolute Gasteiger partial charge is 0.340 e. The molecule has 0 aromatic heterocycles. The first-order valence-electron chi connectivity index (χ1n) is 8.56. The lowest BCUT2D eigenvalue weighted by Gasteiger charge is -2.28. The molecule has 23 heavy (non-hydrogen) atoms. The van der Waals surface area contributed by atoms with Gasteiger partial charge in [-0.1, -0.05) is 30.3 Å². The molecular formula is C18H28ClN3O. The van der Waals surface area contributed by atoms with Crippen molar-refractivity contribution in [1.82, 2.24) is 15.1 Å². The van der Waals surface area contributed by atoms with Crippen LogP contribution >= 0.6 is 12.4 Å². The molecule has 4 nitrogen and oxygen atoms in total. The van der Waals surface area contributed by atoms with E-state index in [-0.39, 0.29) is 12.4 Å². The molecule has 1 aromatic carbocycles. The van der Waals surface area contributed by atoms with Gasteiger partial charge in [-0.15, -0.1) is 12.4 Å². The van der Waals surface area contributed by atoms with E-state index < -0.39 is 0 Å². The van der Waals surface area contributed by atoms with E-state index in [0.717, 1.165) is 51.7 Å². The Hall–Kier alpha value is -1.10. The quantitative estimate of drug-likeness (QED) is 0.890. The van der Waals surface area contributed by atoms with Gasteiger partial charge in [-0.3, -0.25) is 4.79 Å². The van der Waals surface area contributed by atoms with Gasteiger partial charge in [0.15, 0.2) is 0 Å². The highest BCUT2D eigenvalue weighted by Crippen LogP contribution is 2.21. The number of benzene rings is 1. The molecule has 0 bridgehead atoms. The first kappa shape index (κ1) is 18.2. The second-order valence-electron chi connectivity index (χ2n) is 6.53. The molecule has 5 heteroatoms. The zero-order valence-electron chi connectivity index (χ0n) is 13.7. The molecule has 1 unspecified atom stereocenters. The zero-order chi connectivity index (χ0) is 15.2. The van der Waals surface area contributed by atoms with Crippen molar-refractivity contribution in [2.45, 2.75) is 19.3 Å². The number of hydrogen-bond donors (Lipinski definition) is 1. The SMILES string of the molecule is Cl.O=C(CCN1CCC(Cc2ccccc2)C1)N1CCNCC1. The van der Waals surface area contributed by atoms with Crippen LogP contribution in [0.5, 0.6) is 0 Å². The van der Waals surface area contributed by atoms with Gasteiger partial charge in [-0.25, -0.2) is 0 Å². The van der Waals surface area contributed by atoms with Crippen molar-refractivity contribution in [3.63, 3.8) is 0 Å². The van der Waals surface area contributed by atoms with Gasteiger partial charge < -0.3 is 15.1 Å². The van der Waals surface area contributed by atoms with E-state index in [0.29, 0.717) is 12.3 Å². The number of carbonyl (C=O) groups is 1. The summed E-state index contributed by atoms with van der Waals surface area (Å²) >= 11 is 0. The Balaban J connectivity index is 0.00000192. The fourth-order valence-corrected chi connectivity index (χ4v) is 3.56. The van der Waals surface area contributed by atoms with Crippen molar-refractivity contribution in [3.8, 4) is 0 Å². The standard InChI is InChI=1S/C18H27N3O.ClH/c22-18(21-12-8-19-9-13-21)7-11-20-10-6-17(15-20)14-16-4-2-1-3-5-16;/h1-5,17,19H,6-15H2;1H. The Bertz CT molecular complexity index is 476. The summed E-state index contributed by atoms with van der Waals surface area (Å²) in [5, 5.41) is 3.29. The van der Waals surface area contributed by atoms with Crippen molar-refractivity contribution in [3.05, 3.63) is 35.9 Å². The van der Waals surface area contributed by atoms with Gasteiger partial charge in [0.2, 0.25) is 5.91 Å². The molecule has 2 aliphatic rings. The third kappa shape index (κ3) is 5.48. The summed E-state index contributed by atoms with van der Waals surface area (Å²) in [4.78, 5) is 16.7. The van der Waals surface area contributed by atoms with Gasteiger partial charge in [0.1, 0.15) is 0 Å². The molecule has 0 aliphatic carbocycles. The summed E-state index contributed by atoms with van der Waals surface area (Å²) in [7, 11) is 0. The van der Waals surface area contributed by atoms with Crippen molar-refractivity contribution >= 4 is 18.3 Å². The maximum atomic E-state index is 12.2. The summed E-state index contributed by atoms with van der Waals surface area (Å²) in [6.45, 7) is 6.83. The van der Waals surface area contributed by atoms with E-state index in [1.165, 1.54) is 18.4 Å². The first-order chi connectivity index (χ1) is 10.8. The maximum absolute atomic E-state index is 12.2. The third-order valence-electron chi connectivity index (χ3n) is 4.85. The molecular weight excluding hydrogens is 310 g/mol. The molecule has 1 aromatic rings. The highest BCUT2D eigenvalue weighted by atomic mass is 35.5. The lowest BCUT2D eigenvalue weighted by molar-refractivity contribution is -0.132. The topological polar surface area (TPSA) is 35.6 Å². The van der Waals surface area contributed by atoms with Crippen LogP contribution in [0.2, 0.25) is 0 Å². The van der Waals surface area contributed by atoms with E-state index in [9.17, 15) is 4.79 Å². The number of nitrogens with one attached hydrogen (secondary N) is 1.